The smallest absolute Gasteiger partial charge is 0.217 e. The van der Waals surface area contributed by atoms with Crippen LogP contribution in [0.2, 0.25) is 0 Å². The molecule has 114 valence electrons. The highest BCUT2D eigenvalue weighted by Gasteiger charge is 2.22. The summed E-state index contributed by atoms with van der Waals surface area (Å²) in [7, 11) is 4.12. The zero-order valence-corrected chi connectivity index (χ0v) is 13.9. The van der Waals surface area contributed by atoms with Crippen molar-refractivity contribution in [1.82, 2.24) is 15.2 Å². The predicted octanol–water partition coefficient (Wildman–Crippen LogP) is 2.69. The monoisotopic (exact) mass is 279 g/mol. The zero-order valence-electron chi connectivity index (χ0n) is 13.9. The average molecular weight is 279 g/mol. The number of likely N-dealkylation sites (N-methyl/N-ethyl adjacent to an activating group) is 1. The van der Waals surface area contributed by atoms with Crippen LogP contribution in [0, 0.1) is 0 Å². The first kappa shape index (κ1) is 16.9. The van der Waals surface area contributed by atoms with E-state index in [0.29, 0.717) is 6.61 Å². The van der Waals surface area contributed by atoms with Gasteiger partial charge in [0, 0.05) is 29.4 Å². The number of nitrogens with zero attached hydrogens (tertiary/aromatic N) is 2. The zero-order chi connectivity index (χ0) is 15.4. The Morgan fingerprint density at radius 1 is 1.20 bits per heavy atom. The molecule has 0 unspecified atom stereocenters. The summed E-state index contributed by atoms with van der Waals surface area (Å²) in [5.41, 5.74) is 1.15. The van der Waals surface area contributed by atoms with Gasteiger partial charge in [0.15, 0.2) is 0 Å². The lowest BCUT2D eigenvalue weighted by Gasteiger charge is -2.32. The highest BCUT2D eigenvalue weighted by molar-refractivity contribution is 5.25. The van der Waals surface area contributed by atoms with Crippen molar-refractivity contribution in [3.05, 3.63) is 23.9 Å². The number of aromatic nitrogens is 1. The first-order valence-corrected chi connectivity index (χ1v) is 7.11. The minimum absolute atomic E-state index is 0.0216. The molecule has 0 saturated carbocycles. The molecule has 0 amide bonds. The summed E-state index contributed by atoms with van der Waals surface area (Å²) >= 11 is 0. The van der Waals surface area contributed by atoms with E-state index in [1.165, 1.54) is 0 Å². The van der Waals surface area contributed by atoms with Gasteiger partial charge in [-0.3, -0.25) is 0 Å². The van der Waals surface area contributed by atoms with Gasteiger partial charge in [-0.2, -0.15) is 0 Å². The Labute approximate surface area is 123 Å². The fourth-order valence-corrected chi connectivity index (χ4v) is 1.42. The predicted molar refractivity (Wildman–Crippen MR) is 84.1 cm³/mol. The van der Waals surface area contributed by atoms with Crippen molar-refractivity contribution in [1.29, 1.82) is 0 Å². The molecule has 0 saturated heterocycles. The van der Waals surface area contributed by atoms with Crippen LogP contribution < -0.4 is 10.1 Å². The lowest BCUT2D eigenvalue weighted by Crippen LogP contribution is -2.43. The van der Waals surface area contributed by atoms with Gasteiger partial charge in [-0.15, -0.1) is 0 Å². The van der Waals surface area contributed by atoms with Gasteiger partial charge in [-0.05, 0) is 54.8 Å². The molecule has 0 aromatic carbocycles. The Morgan fingerprint density at radius 2 is 1.85 bits per heavy atom. The van der Waals surface area contributed by atoms with Crippen LogP contribution in [0.4, 0.5) is 0 Å². The molecular formula is C16H29N3O. The van der Waals surface area contributed by atoms with Gasteiger partial charge in [-0.1, -0.05) is 6.07 Å². The van der Waals surface area contributed by atoms with E-state index in [0.717, 1.165) is 18.0 Å². The Balaban J connectivity index is 2.71. The van der Waals surface area contributed by atoms with E-state index >= 15 is 0 Å². The lowest BCUT2D eigenvalue weighted by atomic mass is 10.1. The van der Waals surface area contributed by atoms with E-state index < -0.39 is 0 Å². The van der Waals surface area contributed by atoms with Gasteiger partial charge < -0.3 is 15.0 Å². The Bertz CT molecular complexity index is 422. The van der Waals surface area contributed by atoms with Crippen molar-refractivity contribution in [3.8, 4) is 5.88 Å². The topological polar surface area (TPSA) is 37.4 Å². The number of rotatable bonds is 6. The third-order valence-corrected chi connectivity index (χ3v) is 3.43. The highest BCUT2D eigenvalue weighted by atomic mass is 16.5. The Hall–Kier alpha value is -1.13. The normalized spacial score (nSPS) is 12.8. The number of hydrogen-bond donors (Lipinski definition) is 1. The molecule has 4 heteroatoms. The molecule has 0 radical (unpaired) electrons. The summed E-state index contributed by atoms with van der Waals surface area (Å²) in [6.45, 7) is 12.1. The van der Waals surface area contributed by atoms with E-state index in [1.54, 1.807) is 6.20 Å². The number of hydrogen-bond acceptors (Lipinski definition) is 4. The average Bonchev–Trinajstić information content (AvgIpc) is 2.33. The molecule has 1 heterocycles. The minimum Gasteiger partial charge on any atom is -0.475 e. The number of ether oxygens (including phenoxy) is 1. The second kappa shape index (κ2) is 6.55. The first-order chi connectivity index (χ1) is 9.12. The van der Waals surface area contributed by atoms with Crippen LogP contribution in [-0.2, 0) is 6.54 Å². The van der Waals surface area contributed by atoms with Crippen molar-refractivity contribution in [2.75, 3.05) is 20.7 Å². The molecule has 4 nitrogen and oxygen atoms in total. The van der Waals surface area contributed by atoms with Crippen LogP contribution in [0.1, 0.15) is 40.2 Å². The van der Waals surface area contributed by atoms with Crippen molar-refractivity contribution >= 4 is 0 Å². The van der Waals surface area contributed by atoms with Crippen molar-refractivity contribution in [2.24, 2.45) is 0 Å². The summed E-state index contributed by atoms with van der Waals surface area (Å²) in [6.07, 6.45) is 1.78. The van der Waals surface area contributed by atoms with Crippen LogP contribution in [0.5, 0.6) is 5.88 Å². The van der Waals surface area contributed by atoms with E-state index in [-0.39, 0.29) is 11.1 Å². The van der Waals surface area contributed by atoms with E-state index in [1.807, 2.05) is 6.07 Å². The summed E-state index contributed by atoms with van der Waals surface area (Å²) in [4.78, 5) is 6.52. The largest absolute Gasteiger partial charge is 0.475 e. The third-order valence-electron chi connectivity index (χ3n) is 3.43. The molecule has 1 N–H and O–H groups in total. The Morgan fingerprint density at radius 3 is 2.40 bits per heavy atom. The molecule has 20 heavy (non-hydrogen) atoms. The molecular weight excluding hydrogens is 250 g/mol. The standard InChI is InChI=1S/C16H29N3O/c1-15(2,3)18-11-13-9-8-10-17-14(13)20-12-16(4,5)19(6)7/h8-10,18H,11-12H2,1-7H3. The fourth-order valence-electron chi connectivity index (χ4n) is 1.42. The maximum atomic E-state index is 5.94. The molecule has 0 aliphatic heterocycles. The van der Waals surface area contributed by atoms with Crippen molar-refractivity contribution in [2.45, 2.75) is 52.2 Å². The minimum atomic E-state index is -0.0216. The third kappa shape index (κ3) is 5.47. The summed E-state index contributed by atoms with van der Waals surface area (Å²) in [6, 6.07) is 4.01. The molecule has 1 aromatic rings. The fraction of sp³-hybridized carbons (Fsp3) is 0.688. The SMILES string of the molecule is CN(C)C(C)(C)COc1ncccc1CNC(C)(C)C. The van der Waals surface area contributed by atoms with Crippen LogP contribution in [-0.4, -0.2) is 41.7 Å². The second-order valence-electron chi connectivity index (χ2n) is 7.07. The van der Waals surface area contributed by atoms with Gasteiger partial charge in [-0.25, -0.2) is 4.98 Å². The van der Waals surface area contributed by atoms with Gasteiger partial charge in [0.2, 0.25) is 5.88 Å². The van der Waals surface area contributed by atoms with E-state index in [9.17, 15) is 0 Å². The number of nitrogens with one attached hydrogen (secondary N) is 1. The quantitative estimate of drug-likeness (QED) is 0.869. The molecule has 0 atom stereocenters. The van der Waals surface area contributed by atoms with Crippen LogP contribution in [0.25, 0.3) is 0 Å². The Kier molecular flexibility index (Phi) is 5.54. The summed E-state index contributed by atoms with van der Waals surface area (Å²) in [5, 5.41) is 3.47. The molecule has 0 fully saturated rings. The number of pyridine rings is 1. The van der Waals surface area contributed by atoms with Crippen molar-refractivity contribution < 1.29 is 4.74 Å². The lowest BCUT2D eigenvalue weighted by molar-refractivity contribution is 0.110. The molecule has 1 rings (SSSR count). The highest BCUT2D eigenvalue weighted by Crippen LogP contribution is 2.18. The molecule has 1 aromatic heterocycles. The van der Waals surface area contributed by atoms with E-state index in [4.69, 9.17) is 4.74 Å². The van der Waals surface area contributed by atoms with Gasteiger partial charge in [0.25, 0.3) is 0 Å². The van der Waals surface area contributed by atoms with Crippen LogP contribution >= 0.6 is 0 Å². The molecule has 0 aliphatic carbocycles. The van der Waals surface area contributed by atoms with Crippen LogP contribution in [0.15, 0.2) is 18.3 Å². The summed E-state index contributed by atoms with van der Waals surface area (Å²) < 4.78 is 5.94. The maximum absolute atomic E-state index is 5.94. The molecule has 0 bridgehead atoms. The van der Waals surface area contributed by atoms with Crippen LogP contribution in [0.3, 0.4) is 0 Å². The van der Waals surface area contributed by atoms with Gasteiger partial charge in [0.1, 0.15) is 6.61 Å². The van der Waals surface area contributed by atoms with Gasteiger partial charge in [0.05, 0.1) is 0 Å². The van der Waals surface area contributed by atoms with E-state index in [2.05, 4.69) is 70.0 Å². The second-order valence-corrected chi connectivity index (χ2v) is 7.07. The van der Waals surface area contributed by atoms with Crippen molar-refractivity contribution in [3.63, 3.8) is 0 Å². The van der Waals surface area contributed by atoms with Gasteiger partial charge >= 0.3 is 0 Å². The first-order valence-electron chi connectivity index (χ1n) is 7.11. The maximum Gasteiger partial charge on any atom is 0.217 e. The summed E-state index contributed by atoms with van der Waals surface area (Å²) in [5.74, 6) is 0.721. The molecule has 0 spiro atoms. The molecule has 0 aliphatic rings.